The van der Waals surface area contributed by atoms with Crippen LogP contribution >= 0.6 is 11.8 Å². The van der Waals surface area contributed by atoms with Crippen LogP contribution in [-0.2, 0) is 14.3 Å². The van der Waals surface area contributed by atoms with Gasteiger partial charge in [0.1, 0.15) is 5.41 Å². The molecule has 9 heteroatoms. The molecule has 8 nitrogen and oxygen atoms in total. The Morgan fingerprint density at radius 3 is 2.62 bits per heavy atom. The molecular formula is C17H22N2O6S. The van der Waals surface area contributed by atoms with Crippen LogP contribution in [0, 0.1) is 15.5 Å². The highest BCUT2D eigenvalue weighted by Gasteiger charge is 2.44. The molecule has 2 rings (SSSR count). The van der Waals surface area contributed by atoms with Crippen LogP contribution in [0.15, 0.2) is 29.2 Å². The highest BCUT2D eigenvalue weighted by molar-refractivity contribution is 8.00. The van der Waals surface area contributed by atoms with Crippen LogP contribution < -0.4 is 0 Å². The summed E-state index contributed by atoms with van der Waals surface area (Å²) < 4.78 is 5.08. The van der Waals surface area contributed by atoms with Crippen molar-refractivity contribution < 1.29 is 24.4 Å². The smallest absolute Gasteiger partial charge is 0.313 e. The molecule has 1 amide bonds. The van der Waals surface area contributed by atoms with Crippen molar-refractivity contribution in [3.05, 3.63) is 34.4 Å². The first kappa shape index (κ1) is 20.2. The van der Waals surface area contributed by atoms with E-state index in [1.807, 2.05) is 0 Å². The van der Waals surface area contributed by atoms with Gasteiger partial charge in [-0.1, -0.05) is 0 Å². The molecule has 1 aromatic rings. The van der Waals surface area contributed by atoms with Crippen LogP contribution in [0.4, 0.5) is 5.69 Å². The number of hydrogen-bond donors (Lipinski definition) is 1. The summed E-state index contributed by atoms with van der Waals surface area (Å²) >= 11 is 1.30. The molecule has 1 saturated heterocycles. The standard InChI is InChI=1S/C17H22N2O6S/c1-12(26-14-6-4-13(5-7-14)19(23)24)15(20)18-9-3-8-17(10-18,11-25-2)16(21)22/h4-7,12H,3,8-11H2,1-2H3,(H,21,22). The zero-order valence-corrected chi connectivity index (χ0v) is 15.5. The van der Waals surface area contributed by atoms with Gasteiger partial charge in [-0.15, -0.1) is 11.8 Å². The third-order valence-electron chi connectivity index (χ3n) is 4.47. The number of nitro benzene ring substituents is 1. The zero-order chi connectivity index (χ0) is 19.3. The summed E-state index contributed by atoms with van der Waals surface area (Å²) in [6, 6.07) is 6.01. The van der Waals surface area contributed by atoms with Crippen molar-refractivity contribution in [1.29, 1.82) is 0 Å². The molecule has 0 aliphatic carbocycles. The lowest BCUT2D eigenvalue weighted by atomic mass is 9.80. The van der Waals surface area contributed by atoms with Crippen molar-refractivity contribution >= 4 is 29.3 Å². The molecule has 1 aliphatic heterocycles. The molecule has 1 aliphatic rings. The van der Waals surface area contributed by atoms with Gasteiger partial charge in [-0.05, 0) is 31.9 Å². The number of aliphatic carboxylic acids is 1. The highest BCUT2D eigenvalue weighted by atomic mass is 32.2. The molecular weight excluding hydrogens is 360 g/mol. The highest BCUT2D eigenvalue weighted by Crippen LogP contribution is 2.33. The lowest BCUT2D eigenvalue weighted by Gasteiger charge is -2.40. The van der Waals surface area contributed by atoms with Crippen LogP contribution in [0.2, 0.25) is 0 Å². The van der Waals surface area contributed by atoms with Crippen LogP contribution in [0.1, 0.15) is 19.8 Å². The van der Waals surface area contributed by atoms with Gasteiger partial charge in [0, 0.05) is 37.2 Å². The second kappa shape index (κ2) is 8.50. The van der Waals surface area contributed by atoms with Crippen LogP contribution in [0.5, 0.6) is 0 Å². The number of amides is 1. The van der Waals surface area contributed by atoms with E-state index in [1.165, 1.54) is 31.0 Å². The first-order chi connectivity index (χ1) is 12.3. The molecule has 1 aromatic carbocycles. The predicted octanol–water partition coefficient (Wildman–Crippen LogP) is 2.42. The number of nitrogens with zero attached hydrogens (tertiary/aromatic N) is 2. The number of benzene rings is 1. The van der Waals surface area contributed by atoms with Crippen molar-refractivity contribution in [3.8, 4) is 0 Å². The number of piperidine rings is 1. The van der Waals surface area contributed by atoms with E-state index in [0.717, 1.165) is 4.90 Å². The largest absolute Gasteiger partial charge is 0.481 e. The number of methoxy groups -OCH3 is 1. The van der Waals surface area contributed by atoms with Crippen molar-refractivity contribution in [2.75, 3.05) is 26.8 Å². The minimum Gasteiger partial charge on any atom is -0.481 e. The maximum atomic E-state index is 12.8. The summed E-state index contributed by atoms with van der Waals surface area (Å²) in [5.41, 5.74) is -1.07. The molecule has 2 atom stereocenters. The summed E-state index contributed by atoms with van der Waals surface area (Å²) in [6.07, 6.45) is 1.08. The number of rotatable bonds is 7. The Kier molecular flexibility index (Phi) is 6.60. The molecule has 2 unspecified atom stereocenters. The van der Waals surface area contributed by atoms with Gasteiger partial charge in [-0.2, -0.15) is 0 Å². The average Bonchev–Trinajstić information content (AvgIpc) is 2.61. The molecule has 142 valence electrons. The number of likely N-dealkylation sites (tertiary alicyclic amines) is 1. The normalized spacial score (nSPS) is 21.2. The number of carbonyl (C=O) groups is 2. The first-order valence-corrected chi connectivity index (χ1v) is 9.09. The molecule has 0 saturated carbocycles. The van der Waals surface area contributed by atoms with E-state index in [2.05, 4.69) is 0 Å². The SMILES string of the molecule is COCC1(C(=O)O)CCCN(C(=O)C(C)Sc2ccc([N+](=O)[O-])cc2)C1. The Balaban J connectivity index is 2.04. The second-order valence-electron chi connectivity index (χ2n) is 6.39. The van der Waals surface area contributed by atoms with Crippen LogP contribution in [0.3, 0.4) is 0 Å². The molecule has 0 spiro atoms. The molecule has 26 heavy (non-hydrogen) atoms. The van der Waals surface area contributed by atoms with E-state index in [1.54, 1.807) is 24.0 Å². The monoisotopic (exact) mass is 382 g/mol. The number of hydrogen-bond acceptors (Lipinski definition) is 6. The van der Waals surface area contributed by atoms with Gasteiger partial charge in [0.25, 0.3) is 5.69 Å². The lowest BCUT2D eigenvalue weighted by molar-refractivity contribution is -0.384. The van der Waals surface area contributed by atoms with Crippen molar-refractivity contribution in [3.63, 3.8) is 0 Å². The van der Waals surface area contributed by atoms with Gasteiger partial charge >= 0.3 is 5.97 Å². The third kappa shape index (κ3) is 4.53. The number of carbonyl (C=O) groups excluding carboxylic acids is 1. The van der Waals surface area contributed by atoms with E-state index in [-0.39, 0.29) is 24.7 Å². The van der Waals surface area contributed by atoms with Gasteiger partial charge in [0.2, 0.25) is 5.91 Å². The molecule has 0 aromatic heterocycles. The van der Waals surface area contributed by atoms with E-state index in [9.17, 15) is 24.8 Å². The molecule has 1 heterocycles. The summed E-state index contributed by atoms with van der Waals surface area (Å²) in [7, 11) is 1.46. The quantitative estimate of drug-likeness (QED) is 0.438. The molecule has 1 N–H and O–H groups in total. The average molecular weight is 382 g/mol. The van der Waals surface area contributed by atoms with Gasteiger partial charge in [0.05, 0.1) is 16.8 Å². The Hall–Kier alpha value is -2.13. The fourth-order valence-corrected chi connectivity index (χ4v) is 4.06. The van der Waals surface area contributed by atoms with Gasteiger partial charge in [-0.3, -0.25) is 19.7 Å². The van der Waals surface area contributed by atoms with Gasteiger partial charge in [-0.25, -0.2) is 0 Å². The number of non-ortho nitro benzene ring substituents is 1. The van der Waals surface area contributed by atoms with E-state index in [0.29, 0.717) is 19.4 Å². The Bertz CT molecular complexity index is 676. The Labute approximate surface area is 155 Å². The predicted molar refractivity (Wildman–Crippen MR) is 96.2 cm³/mol. The summed E-state index contributed by atoms with van der Waals surface area (Å²) in [6.45, 7) is 2.46. The summed E-state index contributed by atoms with van der Waals surface area (Å²) in [4.78, 5) is 37.0. The zero-order valence-electron chi connectivity index (χ0n) is 14.7. The van der Waals surface area contributed by atoms with Crippen LogP contribution in [-0.4, -0.2) is 58.9 Å². The third-order valence-corrected chi connectivity index (χ3v) is 5.57. The number of carboxylic acids is 1. The molecule has 0 radical (unpaired) electrons. The van der Waals surface area contributed by atoms with Crippen LogP contribution in [0.25, 0.3) is 0 Å². The minimum absolute atomic E-state index is 0.00447. The van der Waals surface area contributed by atoms with E-state index >= 15 is 0 Å². The Morgan fingerprint density at radius 2 is 2.08 bits per heavy atom. The lowest BCUT2D eigenvalue weighted by Crippen LogP contribution is -2.53. The van der Waals surface area contributed by atoms with Gasteiger partial charge < -0.3 is 14.7 Å². The fourth-order valence-electron chi connectivity index (χ4n) is 3.11. The summed E-state index contributed by atoms with van der Waals surface area (Å²) in [5.74, 6) is -1.10. The van der Waals surface area contributed by atoms with E-state index in [4.69, 9.17) is 4.74 Å². The topological polar surface area (TPSA) is 110 Å². The molecule has 0 bridgehead atoms. The first-order valence-electron chi connectivity index (χ1n) is 8.21. The Morgan fingerprint density at radius 1 is 1.42 bits per heavy atom. The number of ether oxygens (including phenoxy) is 1. The number of thioether (sulfide) groups is 1. The minimum atomic E-state index is -1.07. The maximum Gasteiger partial charge on any atom is 0.313 e. The van der Waals surface area contributed by atoms with Gasteiger partial charge in [0.15, 0.2) is 0 Å². The second-order valence-corrected chi connectivity index (χ2v) is 7.81. The summed E-state index contributed by atoms with van der Waals surface area (Å²) in [5, 5.41) is 19.9. The van der Waals surface area contributed by atoms with Crippen molar-refractivity contribution in [2.45, 2.75) is 29.9 Å². The van der Waals surface area contributed by atoms with Crippen molar-refractivity contribution in [1.82, 2.24) is 4.90 Å². The number of carboxylic acid groups (broad SMARTS) is 1. The van der Waals surface area contributed by atoms with E-state index < -0.39 is 21.6 Å². The molecule has 1 fully saturated rings. The fraction of sp³-hybridized carbons (Fsp3) is 0.529. The number of nitro groups is 1. The van der Waals surface area contributed by atoms with Crippen molar-refractivity contribution in [2.24, 2.45) is 5.41 Å². The maximum absolute atomic E-state index is 12.8.